The minimum atomic E-state index is -0.111. The van der Waals surface area contributed by atoms with Crippen LogP contribution >= 0.6 is 11.6 Å². The van der Waals surface area contributed by atoms with Crippen molar-refractivity contribution in [2.45, 2.75) is 38.6 Å². The van der Waals surface area contributed by atoms with Crippen molar-refractivity contribution in [2.24, 2.45) is 0 Å². The van der Waals surface area contributed by atoms with Gasteiger partial charge in [-0.25, -0.2) is 9.97 Å². The predicted octanol–water partition coefficient (Wildman–Crippen LogP) is 4.27. The number of alkyl halides is 1. The Bertz CT molecular complexity index is 794. The molecular formula is C16H19ClN4. The Morgan fingerprint density at radius 1 is 1.24 bits per heavy atom. The van der Waals surface area contributed by atoms with Gasteiger partial charge in [-0.05, 0) is 12.5 Å². The normalized spacial score (nSPS) is 13.1. The van der Waals surface area contributed by atoms with E-state index in [1.807, 2.05) is 18.2 Å². The minimum Gasteiger partial charge on any atom is -0.382 e. The number of para-hydroxylation sites is 1. The molecule has 0 aliphatic carbocycles. The maximum Gasteiger partial charge on any atom is 0.152 e. The topological polar surface area (TPSA) is 56.7 Å². The van der Waals surface area contributed by atoms with Crippen molar-refractivity contribution >= 4 is 39.4 Å². The van der Waals surface area contributed by atoms with Crippen molar-refractivity contribution in [1.29, 1.82) is 0 Å². The van der Waals surface area contributed by atoms with Crippen molar-refractivity contribution in [3.63, 3.8) is 0 Å². The second-order valence-electron chi connectivity index (χ2n) is 5.19. The smallest absolute Gasteiger partial charge is 0.152 e. The zero-order valence-corrected chi connectivity index (χ0v) is 13.1. The molecular weight excluding hydrogens is 284 g/mol. The molecule has 1 aromatic carbocycles. The van der Waals surface area contributed by atoms with E-state index in [0.717, 1.165) is 47.0 Å². The second-order valence-corrected chi connectivity index (χ2v) is 5.69. The highest BCUT2D eigenvalue weighted by atomic mass is 35.5. The molecule has 0 saturated heterocycles. The van der Waals surface area contributed by atoms with Crippen molar-refractivity contribution in [2.75, 3.05) is 5.73 Å². The number of nitrogens with two attached hydrogens (primary N) is 1. The third-order valence-corrected chi connectivity index (χ3v) is 4.16. The molecule has 0 radical (unpaired) electrons. The molecule has 2 heterocycles. The van der Waals surface area contributed by atoms with Gasteiger partial charge < -0.3 is 10.3 Å². The molecule has 3 aromatic rings. The average Bonchev–Trinajstić information content (AvgIpc) is 2.88. The number of hydrogen-bond donors (Lipinski definition) is 1. The lowest BCUT2D eigenvalue weighted by Crippen LogP contribution is -2.07. The van der Waals surface area contributed by atoms with Crippen LogP contribution in [0.1, 0.15) is 38.0 Å². The Morgan fingerprint density at radius 3 is 2.71 bits per heavy atom. The van der Waals surface area contributed by atoms with E-state index in [1.54, 1.807) is 0 Å². The highest BCUT2D eigenvalue weighted by molar-refractivity contribution is 6.20. The summed E-state index contributed by atoms with van der Waals surface area (Å²) in [5, 5.41) is 1.05. The SMILES string of the molecule is CCCC(Cl)n1c(CC)nc2c(N)nc3ccccc3c21. The molecule has 5 heteroatoms. The molecule has 0 saturated carbocycles. The minimum absolute atomic E-state index is 0.111. The molecule has 0 aliphatic heterocycles. The van der Waals surface area contributed by atoms with Gasteiger partial charge in [0.05, 0.1) is 11.0 Å². The maximum atomic E-state index is 6.63. The number of hydrogen-bond acceptors (Lipinski definition) is 3. The van der Waals surface area contributed by atoms with Gasteiger partial charge in [-0.3, -0.25) is 0 Å². The van der Waals surface area contributed by atoms with Crippen molar-refractivity contribution in [1.82, 2.24) is 14.5 Å². The first-order valence-corrected chi connectivity index (χ1v) is 7.80. The molecule has 0 bridgehead atoms. The van der Waals surface area contributed by atoms with E-state index >= 15 is 0 Å². The summed E-state index contributed by atoms with van der Waals surface area (Å²) in [5.74, 6) is 1.43. The summed E-state index contributed by atoms with van der Waals surface area (Å²) in [6, 6.07) is 7.99. The van der Waals surface area contributed by atoms with Crippen LogP contribution in [0.3, 0.4) is 0 Å². The molecule has 1 unspecified atom stereocenters. The van der Waals surface area contributed by atoms with Gasteiger partial charge in [0, 0.05) is 11.8 Å². The van der Waals surface area contributed by atoms with E-state index < -0.39 is 0 Å². The number of nitrogens with zero attached hydrogens (tertiary/aromatic N) is 3. The number of halogens is 1. The van der Waals surface area contributed by atoms with Crippen molar-refractivity contribution in [3.8, 4) is 0 Å². The van der Waals surface area contributed by atoms with Crippen LogP contribution in [0, 0.1) is 0 Å². The Balaban J connectivity index is 2.43. The third kappa shape index (κ3) is 2.23. The molecule has 0 amide bonds. The van der Waals surface area contributed by atoms with Crippen LogP contribution in [0.5, 0.6) is 0 Å². The van der Waals surface area contributed by atoms with Crippen LogP contribution in [-0.4, -0.2) is 14.5 Å². The van der Waals surface area contributed by atoms with E-state index in [-0.39, 0.29) is 5.50 Å². The molecule has 2 N–H and O–H groups in total. The number of nitrogen functional groups attached to an aromatic ring is 1. The molecule has 2 aromatic heterocycles. The Labute approximate surface area is 128 Å². The molecule has 0 aliphatic rings. The van der Waals surface area contributed by atoms with Gasteiger partial charge in [-0.2, -0.15) is 0 Å². The van der Waals surface area contributed by atoms with Gasteiger partial charge in [0.2, 0.25) is 0 Å². The highest BCUT2D eigenvalue weighted by Crippen LogP contribution is 2.33. The standard InChI is InChI=1S/C16H19ClN4/c1-3-7-12(17)21-13(4-2)20-14-15(21)10-8-5-6-9-11(10)19-16(14)18/h5-6,8-9,12H,3-4,7H2,1-2H3,(H2,18,19). The van der Waals surface area contributed by atoms with Gasteiger partial charge in [0.25, 0.3) is 0 Å². The zero-order chi connectivity index (χ0) is 15.0. The molecule has 3 rings (SSSR count). The Kier molecular flexibility index (Phi) is 3.72. The summed E-state index contributed by atoms with van der Waals surface area (Å²) in [7, 11) is 0. The Morgan fingerprint density at radius 2 is 2.00 bits per heavy atom. The van der Waals surface area contributed by atoms with E-state index in [0.29, 0.717) is 5.82 Å². The van der Waals surface area contributed by atoms with E-state index in [1.165, 1.54) is 0 Å². The van der Waals surface area contributed by atoms with Gasteiger partial charge in [-0.15, -0.1) is 0 Å². The van der Waals surface area contributed by atoms with Crippen molar-refractivity contribution < 1.29 is 0 Å². The van der Waals surface area contributed by atoms with Gasteiger partial charge >= 0.3 is 0 Å². The first-order chi connectivity index (χ1) is 10.2. The molecule has 0 fully saturated rings. The van der Waals surface area contributed by atoms with Crippen LogP contribution in [0.2, 0.25) is 0 Å². The fourth-order valence-corrected chi connectivity index (χ4v) is 3.22. The molecule has 110 valence electrons. The van der Waals surface area contributed by atoms with Gasteiger partial charge in [0.15, 0.2) is 5.82 Å². The summed E-state index contributed by atoms with van der Waals surface area (Å²) in [6.45, 7) is 4.22. The van der Waals surface area contributed by atoms with Crippen molar-refractivity contribution in [3.05, 3.63) is 30.1 Å². The highest BCUT2D eigenvalue weighted by Gasteiger charge is 2.20. The number of aryl methyl sites for hydroxylation is 1. The molecule has 1 atom stereocenters. The lowest BCUT2D eigenvalue weighted by atomic mass is 10.2. The molecule has 4 nitrogen and oxygen atoms in total. The number of benzene rings is 1. The lowest BCUT2D eigenvalue weighted by Gasteiger charge is -2.15. The summed E-state index contributed by atoms with van der Waals surface area (Å²) in [5.41, 5.74) is 8.63. The van der Waals surface area contributed by atoms with Crippen LogP contribution in [0.25, 0.3) is 21.9 Å². The number of imidazole rings is 1. The third-order valence-electron chi connectivity index (χ3n) is 3.75. The summed E-state index contributed by atoms with van der Waals surface area (Å²) in [4.78, 5) is 9.13. The van der Waals surface area contributed by atoms with Crippen LogP contribution in [0.4, 0.5) is 5.82 Å². The molecule has 0 spiro atoms. The first kappa shape index (κ1) is 14.1. The number of pyridine rings is 1. The van der Waals surface area contributed by atoms with Crippen LogP contribution in [0.15, 0.2) is 24.3 Å². The largest absolute Gasteiger partial charge is 0.382 e. The zero-order valence-electron chi connectivity index (χ0n) is 12.3. The fraction of sp³-hybridized carbons (Fsp3) is 0.375. The van der Waals surface area contributed by atoms with E-state index in [2.05, 4.69) is 34.4 Å². The summed E-state index contributed by atoms with van der Waals surface area (Å²) in [6.07, 6.45) is 2.74. The summed E-state index contributed by atoms with van der Waals surface area (Å²) >= 11 is 6.63. The van der Waals surface area contributed by atoms with Crippen LogP contribution in [-0.2, 0) is 6.42 Å². The Hall–Kier alpha value is -1.81. The maximum absolute atomic E-state index is 6.63. The lowest BCUT2D eigenvalue weighted by molar-refractivity contribution is 0.594. The van der Waals surface area contributed by atoms with E-state index in [9.17, 15) is 0 Å². The monoisotopic (exact) mass is 302 g/mol. The predicted molar refractivity (Wildman–Crippen MR) is 88.6 cm³/mol. The van der Waals surface area contributed by atoms with Gasteiger partial charge in [-0.1, -0.05) is 50.1 Å². The average molecular weight is 303 g/mol. The quantitative estimate of drug-likeness (QED) is 0.732. The second kappa shape index (κ2) is 5.53. The molecule has 21 heavy (non-hydrogen) atoms. The number of aromatic nitrogens is 3. The van der Waals surface area contributed by atoms with E-state index in [4.69, 9.17) is 17.3 Å². The summed E-state index contributed by atoms with van der Waals surface area (Å²) < 4.78 is 2.13. The first-order valence-electron chi connectivity index (χ1n) is 7.36. The number of rotatable bonds is 4. The fourth-order valence-electron chi connectivity index (χ4n) is 2.79. The van der Waals surface area contributed by atoms with Gasteiger partial charge in [0.1, 0.15) is 16.8 Å². The van der Waals surface area contributed by atoms with Crippen LogP contribution < -0.4 is 5.73 Å². The number of anilines is 1. The number of fused-ring (bicyclic) bond motifs is 3.